The second kappa shape index (κ2) is 9.60. The highest BCUT2D eigenvalue weighted by atomic mass is 32.2. The molecule has 0 aliphatic carbocycles. The van der Waals surface area contributed by atoms with E-state index in [1.807, 2.05) is 6.92 Å². The summed E-state index contributed by atoms with van der Waals surface area (Å²) in [6, 6.07) is 3.43. The summed E-state index contributed by atoms with van der Waals surface area (Å²) in [6.07, 6.45) is -4.27. The first-order valence-electron chi connectivity index (χ1n) is 8.94. The number of halogens is 3. The van der Waals surface area contributed by atoms with Gasteiger partial charge in [-0.15, -0.1) is 0 Å². The van der Waals surface area contributed by atoms with Crippen LogP contribution >= 0.6 is 0 Å². The van der Waals surface area contributed by atoms with Crippen molar-refractivity contribution >= 4 is 16.1 Å². The summed E-state index contributed by atoms with van der Waals surface area (Å²) in [5.41, 5.74) is -2.02. The molecule has 28 heavy (non-hydrogen) atoms. The Morgan fingerprint density at radius 1 is 1.18 bits per heavy atom. The Morgan fingerprint density at radius 2 is 1.79 bits per heavy atom. The van der Waals surface area contributed by atoms with Gasteiger partial charge < -0.3 is 10.1 Å². The molecule has 0 saturated carbocycles. The Bertz CT molecular complexity index is 764. The standard InChI is InChI=1S/C18H27F3N2O4S/c1-5-11-17(3,4)27-16(24)23-15(12-22-28(25,26)6-2)13-9-7-8-10-14(13)18(19,20)21/h7-10,15,22H,5-6,11-12H2,1-4H3,(H,23,24). The number of sulfonamides is 1. The molecule has 0 aliphatic rings. The van der Waals surface area contributed by atoms with Gasteiger partial charge >= 0.3 is 12.3 Å². The topological polar surface area (TPSA) is 84.5 Å². The van der Waals surface area contributed by atoms with Crippen molar-refractivity contribution in [3.63, 3.8) is 0 Å². The highest BCUT2D eigenvalue weighted by Gasteiger charge is 2.36. The smallest absolute Gasteiger partial charge is 0.416 e. The number of hydrogen-bond acceptors (Lipinski definition) is 4. The molecule has 1 aromatic carbocycles. The van der Waals surface area contributed by atoms with Crippen molar-refractivity contribution in [3.05, 3.63) is 35.4 Å². The Kier molecular flexibility index (Phi) is 8.30. The zero-order valence-electron chi connectivity index (χ0n) is 16.4. The van der Waals surface area contributed by atoms with Crippen molar-refractivity contribution in [3.8, 4) is 0 Å². The lowest BCUT2D eigenvalue weighted by Gasteiger charge is -2.28. The molecule has 0 saturated heterocycles. The van der Waals surface area contributed by atoms with E-state index in [0.29, 0.717) is 6.42 Å². The summed E-state index contributed by atoms with van der Waals surface area (Å²) in [4.78, 5) is 12.3. The predicted octanol–water partition coefficient (Wildman–Crippen LogP) is 3.99. The third-order valence-corrected chi connectivity index (χ3v) is 5.41. The van der Waals surface area contributed by atoms with E-state index in [0.717, 1.165) is 12.5 Å². The van der Waals surface area contributed by atoms with Gasteiger partial charge in [0.05, 0.1) is 17.4 Å². The quantitative estimate of drug-likeness (QED) is 0.628. The van der Waals surface area contributed by atoms with E-state index in [-0.39, 0.29) is 11.3 Å². The van der Waals surface area contributed by atoms with Gasteiger partial charge in [0.25, 0.3) is 0 Å². The van der Waals surface area contributed by atoms with Gasteiger partial charge in [-0.1, -0.05) is 31.5 Å². The van der Waals surface area contributed by atoms with Crippen LogP contribution in [-0.4, -0.2) is 32.4 Å². The molecule has 10 heteroatoms. The maximum atomic E-state index is 13.4. The average molecular weight is 424 g/mol. The second-order valence-electron chi connectivity index (χ2n) is 6.93. The van der Waals surface area contributed by atoms with Gasteiger partial charge in [0, 0.05) is 6.54 Å². The predicted molar refractivity (Wildman–Crippen MR) is 100 cm³/mol. The number of ether oxygens (including phenoxy) is 1. The number of benzene rings is 1. The molecule has 1 atom stereocenters. The van der Waals surface area contributed by atoms with Gasteiger partial charge in [0.15, 0.2) is 0 Å². The first-order valence-corrected chi connectivity index (χ1v) is 10.6. The lowest BCUT2D eigenvalue weighted by molar-refractivity contribution is -0.138. The Morgan fingerprint density at radius 3 is 2.32 bits per heavy atom. The van der Waals surface area contributed by atoms with Crippen molar-refractivity contribution in [2.45, 2.75) is 58.4 Å². The van der Waals surface area contributed by atoms with Crippen LogP contribution in [0, 0.1) is 0 Å². The van der Waals surface area contributed by atoms with Crippen LogP contribution in [0.15, 0.2) is 24.3 Å². The van der Waals surface area contributed by atoms with Crippen LogP contribution in [-0.2, 0) is 20.9 Å². The van der Waals surface area contributed by atoms with Gasteiger partial charge in [0.2, 0.25) is 10.0 Å². The second-order valence-corrected chi connectivity index (χ2v) is 9.03. The van der Waals surface area contributed by atoms with Crippen LogP contribution < -0.4 is 10.0 Å². The lowest BCUT2D eigenvalue weighted by atomic mass is 10.00. The Hall–Kier alpha value is -1.81. The number of alkyl carbamates (subject to hydrolysis) is 1. The monoisotopic (exact) mass is 424 g/mol. The Labute approximate surface area is 163 Å². The molecule has 1 amide bonds. The van der Waals surface area contributed by atoms with Crippen molar-refractivity contribution in [1.82, 2.24) is 10.0 Å². The molecule has 1 rings (SSSR count). The fraction of sp³-hybridized carbons (Fsp3) is 0.611. The summed E-state index contributed by atoms with van der Waals surface area (Å²) >= 11 is 0. The van der Waals surface area contributed by atoms with Crippen molar-refractivity contribution in [2.24, 2.45) is 0 Å². The molecule has 0 aromatic heterocycles. The van der Waals surface area contributed by atoms with Gasteiger partial charge in [-0.25, -0.2) is 17.9 Å². The molecule has 0 aliphatic heterocycles. The SMILES string of the molecule is CCCC(C)(C)OC(=O)NC(CNS(=O)(=O)CC)c1ccccc1C(F)(F)F. The Balaban J connectivity index is 3.16. The van der Waals surface area contributed by atoms with Gasteiger partial charge in [-0.3, -0.25) is 0 Å². The molecule has 160 valence electrons. The van der Waals surface area contributed by atoms with Crippen LogP contribution in [0.5, 0.6) is 0 Å². The van der Waals surface area contributed by atoms with E-state index < -0.39 is 46.0 Å². The van der Waals surface area contributed by atoms with E-state index in [1.54, 1.807) is 13.8 Å². The summed E-state index contributed by atoms with van der Waals surface area (Å²) in [5.74, 6) is -0.241. The molecule has 0 bridgehead atoms. The number of rotatable bonds is 9. The largest absolute Gasteiger partial charge is 0.444 e. The molecular weight excluding hydrogens is 397 g/mol. The van der Waals surface area contributed by atoms with Gasteiger partial charge in [-0.2, -0.15) is 13.2 Å². The molecular formula is C18H27F3N2O4S. The minimum Gasteiger partial charge on any atom is -0.444 e. The number of carbonyl (C=O) groups excluding carboxylic acids is 1. The minimum atomic E-state index is -4.66. The van der Waals surface area contributed by atoms with Crippen LogP contribution in [0.3, 0.4) is 0 Å². The molecule has 0 heterocycles. The number of amides is 1. The molecule has 0 spiro atoms. The van der Waals surface area contributed by atoms with E-state index in [1.165, 1.54) is 25.1 Å². The maximum absolute atomic E-state index is 13.4. The average Bonchev–Trinajstić information content (AvgIpc) is 2.57. The van der Waals surface area contributed by atoms with Crippen LogP contribution in [0.25, 0.3) is 0 Å². The first-order chi connectivity index (χ1) is 12.8. The van der Waals surface area contributed by atoms with Crippen LogP contribution in [0.4, 0.5) is 18.0 Å². The molecule has 2 N–H and O–H groups in total. The number of nitrogens with one attached hydrogen (secondary N) is 2. The molecule has 0 fully saturated rings. The number of hydrogen-bond donors (Lipinski definition) is 2. The van der Waals surface area contributed by atoms with Crippen molar-refractivity contribution in [1.29, 1.82) is 0 Å². The summed E-state index contributed by atoms with van der Waals surface area (Å²) in [5, 5.41) is 2.37. The molecule has 1 aromatic rings. The summed E-state index contributed by atoms with van der Waals surface area (Å²) < 4.78 is 71.1. The number of carbonyl (C=O) groups is 1. The van der Waals surface area contributed by atoms with E-state index in [2.05, 4.69) is 10.0 Å². The molecule has 1 unspecified atom stereocenters. The van der Waals surface area contributed by atoms with E-state index in [9.17, 15) is 26.4 Å². The van der Waals surface area contributed by atoms with E-state index in [4.69, 9.17) is 4.74 Å². The molecule has 6 nitrogen and oxygen atoms in total. The van der Waals surface area contributed by atoms with Crippen molar-refractivity contribution in [2.75, 3.05) is 12.3 Å². The lowest BCUT2D eigenvalue weighted by Crippen LogP contribution is -2.42. The fourth-order valence-electron chi connectivity index (χ4n) is 2.69. The highest BCUT2D eigenvalue weighted by molar-refractivity contribution is 7.89. The third-order valence-electron chi connectivity index (χ3n) is 4.04. The summed E-state index contributed by atoms with van der Waals surface area (Å²) in [6.45, 7) is 6.25. The van der Waals surface area contributed by atoms with Crippen LogP contribution in [0.1, 0.15) is 57.7 Å². The zero-order chi connectivity index (χ0) is 21.6. The van der Waals surface area contributed by atoms with E-state index >= 15 is 0 Å². The van der Waals surface area contributed by atoms with Crippen LogP contribution in [0.2, 0.25) is 0 Å². The highest BCUT2D eigenvalue weighted by Crippen LogP contribution is 2.34. The summed E-state index contributed by atoms with van der Waals surface area (Å²) in [7, 11) is -3.67. The fourth-order valence-corrected chi connectivity index (χ4v) is 3.31. The third kappa shape index (κ3) is 7.67. The van der Waals surface area contributed by atoms with Crippen molar-refractivity contribution < 1.29 is 31.1 Å². The minimum absolute atomic E-state index is 0.241. The molecule has 0 radical (unpaired) electrons. The maximum Gasteiger partial charge on any atom is 0.416 e. The first kappa shape index (κ1) is 24.2. The normalized spacial score (nSPS) is 13.8. The zero-order valence-corrected chi connectivity index (χ0v) is 17.2. The number of alkyl halides is 3. The van der Waals surface area contributed by atoms with Gasteiger partial charge in [0.1, 0.15) is 5.60 Å². The van der Waals surface area contributed by atoms with Gasteiger partial charge in [-0.05, 0) is 38.8 Å².